The predicted molar refractivity (Wildman–Crippen MR) is 42.0 cm³/mol. The van der Waals surface area contributed by atoms with Crippen molar-refractivity contribution >= 4 is 28.9 Å². The summed E-state index contributed by atoms with van der Waals surface area (Å²) in [5, 5.41) is 10.5. The number of hydrogen-bond acceptors (Lipinski definition) is 2. The van der Waals surface area contributed by atoms with E-state index in [-0.39, 0.29) is 15.7 Å². The topological polar surface area (TPSA) is 43.1 Å². The Morgan fingerprint density at radius 2 is 2.09 bits per heavy atom. The molecule has 0 N–H and O–H groups in total. The molecule has 0 aliphatic rings. The van der Waals surface area contributed by atoms with Crippen molar-refractivity contribution in [2.24, 2.45) is 0 Å². The highest BCUT2D eigenvalue weighted by Gasteiger charge is 2.07. The number of benzene rings is 1. The summed E-state index contributed by atoms with van der Waals surface area (Å²) in [4.78, 5) is 9.56. The molecule has 1 aromatic carbocycles. The number of rotatable bonds is 1. The summed E-state index contributed by atoms with van der Waals surface area (Å²) in [6.45, 7) is 0. The molecule has 0 unspecified atom stereocenters. The molecule has 1 rings (SSSR count). The minimum Gasteiger partial charge on any atom is -0.258 e. The Kier molecular flexibility index (Phi) is 2.31. The van der Waals surface area contributed by atoms with Crippen molar-refractivity contribution in [1.29, 1.82) is 0 Å². The van der Waals surface area contributed by atoms with E-state index in [4.69, 9.17) is 23.2 Å². The normalized spacial score (nSPS) is 9.64. The second-order valence-electron chi connectivity index (χ2n) is 1.79. The standard InChI is InChI=1S/C6H2Cl2NO2/c7-4-1-5(8)3-6(2-4)9(10)11/h1-2H. The van der Waals surface area contributed by atoms with Crippen LogP contribution in [-0.4, -0.2) is 4.92 Å². The lowest BCUT2D eigenvalue weighted by molar-refractivity contribution is -0.385. The summed E-state index contributed by atoms with van der Waals surface area (Å²) in [6.07, 6.45) is 0. The van der Waals surface area contributed by atoms with Crippen LogP contribution in [0.1, 0.15) is 0 Å². The lowest BCUT2D eigenvalue weighted by Crippen LogP contribution is -1.87. The van der Waals surface area contributed by atoms with Gasteiger partial charge in [-0.25, -0.2) is 0 Å². The Morgan fingerprint density at radius 1 is 1.45 bits per heavy atom. The average Bonchev–Trinajstić information content (AvgIpc) is 1.85. The van der Waals surface area contributed by atoms with Gasteiger partial charge in [0.25, 0.3) is 5.69 Å². The molecule has 0 saturated carbocycles. The second-order valence-corrected chi connectivity index (χ2v) is 2.63. The number of non-ortho nitro benzene ring substituents is 1. The van der Waals surface area contributed by atoms with Gasteiger partial charge >= 0.3 is 0 Å². The van der Waals surface area contributed by atoms with E-state index in [1.165, 1.54) is 12.1 Å². The first-order valence-corrected chi connectivity index (χ1v) is 3.38. The molecule has 1 aromatic rings. The molecule has 57 valence electrons. The monoisotopic (exact) mass is 190 g/mol. The van der Waals surface area contributed by atoms with E-state index in [0.717, 1.165) is 0 Å². The third-order valence-electron chi connectivity index (χ3n) is 0.983. The van der Waals surface area contributed by atoms with E-state index < -0.39 is 4.92 Å². The molecule has 0 aliphatic carbocycles. The number of nitro benzene ring substituents is 1. The highest BCUT2D eigenvalue weighted by Crippen LogP contribution is 2.22. The van der Waals surface area contributed by atoms with Crippen LogP contribution in [0.25, 0.3) is 0 Å². The molecule has 11 heavy (non-hydrogen) atoms. The van der Waals surface area contributed by atoms with Crippen LogP contribution in [0.15, 0.2) is 12.1 Å². The van der Waals surface area contributed by atoms with E-state index >= 15 is 0 Å². The molecule has 0 heterocycles. The van der Waals surface area contributed by atoms with Crippen LogP contribution >= 0.6 is 23.2 Å². The van der Waals surface area contributed by atoms with Crippen molar-refractivity contribution in [3.8, 4) is 0 Å². The first-order valence-electron chi connectivity index (χ1n) is 2.62. The molecule has 0 saturated heterocycles. The molecule has 0 spiro atoms. The zero-order chi connectivity index (χ0) is 8.43. The van der Waals surface area contributed by atoms with Gasteiger partial charge in [-0.2, -0.15) is 0 Å². The lowest BCUT2D eigenvalue weighted by Gasteiger charge is -1.92. The zero-order valence-corrected chi connectivity index (χ0v) is 6.69. The molecule has 0 bridgehead atoms. The maximum absolute atomic E-state index is 10.2. The maximum Gasteiger partial charge on any atom is 0.280 e. The van der Waals surface area contributed by atoms with E-state index in [9.17, 15) is 10.1 Å². The average molecular weight is 191 g/mol. The highest BCUT2D eigenvalue weighted by atomic mass is 35.5. The Bertz CT molecular complexity index is 280. The molecule has 1 radical (unpaired) electrons. The molecular formula is C6H2Cl2NO2. The molecule has 3 nitrogen and oxygen atoms in total. The van der Waals surface area contributed by atoms with Gasteiger partial charge in [0.1, 0.15) is 0 Å². The van der Waals surface area contributed by atoms with Crippen molar-refractivity contribution in [3.05, 3.63) is 38.4 Å². The molecule has 0 amide bonds. The van der Waals surface area contributed by atoms with Crippen molar-refractivity contribution in [3.63, 3.8) is 0 Å². The first kappa shape index (κ1) is 8.30. The fourth-order valence-corrected chi connectivity index (χ4v) is 1.07. The number of nitrogens with zero attached hydrogens (tertiary/aromatic N) is 1. The van der Waals surface area contributed by atoms with Gasteiger partial charge in [0.15, 0.2) is 0 Å². The van der Waals surface area contributed by atoms with Gasteiger partial charge in [0.2, 0.25) is 0 Å². The van der Waals surface area contributed by atoms with Crippen molar-refractivity contribution in [1.82, 2.24) is 0 Å². The second kappa shape index (κ2) is 3.07. The Morgan fingerprint density at radius 3 is 2.55 bits per heavy atom. The largest absolute Gasteiger partial charge is 0.280 e. The van der Waals surface area contributed by atoms with Gasteiger partial charge in [0, 0.05) is 11.1 Å². The van der Waals surface area contributed by atoms with Gasteiger partial charge in [-0.05, 0) is 6.07 Å². The maximum atomic E-state index is 10.2. The van der Waals surface area contributed by atoms with Gasteiger partial charge < -0.3 is 0 Å². The fourth-order valence-electron chi connectivity index (χ4n) is 0.586. The number of nitro groups is 1. The summed E-state index contributed by atoms with van der Waals surface area (Å²) < 4.78 is 0. The summed E-state index contributed by atoms with van der Waals surface area (Å²) in [5.74, 6) is 0. The molecule has 5 heteroatoms. The fraction of sp³-hybridized carbons (Fsp3) is 0. The highest BCUT2D eigenvalue weighted by molar-refractivity contribution is 6.34. The van der Waals surface area contributed by atoms with Gasteiger partial charge in [-0.3, -0.25) is 10.1 Å². The van der Waals surface area contributed by atoms with Crippen molar-refractivity contribution < 1.29 is 4.92 Å². The Labute approximate surface area is 72.7 Å². The van der Waals surface area contributed by atoms with Crippen LogP contribution < -0.4 is 0 Å². The Balaban J connectivity index is 3.19. The minimum atomic E-state index is -0.599. The summed E-state index contributed by atoms with van der Waals surface area (Å²) in [7, 11) is 0. The number of halogens is 2. The van der Waals surface area contributed by atoms with E-state index in [1.807, 2.05) is 0 Å². The van der Waals surface area contributed by atoms with E-state index in [2.05, 4.69) is 6.07 Å². The predicted octanol–water partition coefficient (Wildman–Crippen LogP) is 2.70. The molecular weight excluding hydrogens is 189 g/mol. The molecule has 0 atom stereocenters. The Hall–Kier alpha value is -0.800. The molecule has 0 fully saturated rings. The summed E-state index contributed by atoms with van der Waals surface area (Å²) in [6, 6.07) is 4.90. The first-order chi connectivity index (χ1) is 5.09. The zero-order valence-electron chi connectivity index (χ0n) is 5.17. The van der Waals surface area contributed by atoms with Gasteiger partial charge in [-0.15, -0.1) is 0 Å². The third kappa shape index (κ3) is 2.06. The SMILES string of the molecule is O=[N+]([O-])c1[c]c(Cl)cc(Cl)c1. The number of hydrogen-bond donors (Lipinski definition) is 0. The third-order valence-corrected chi connectivity index (χ3v) is 1.41. The summed E-state index contributed by atoms with van der Waals surface area (Å²) in [5.41, 5.74) is -0.220. The van der Waals surface area contributed by atoms with Gasteiger partial charge in [0.05, 0.1) is 16.0 Å². The van der Waals surface area contributed by atoms with Crippen LogP contribution in [0, 0.1) is 16.2 Å². The molecule has 0 aliphatic heterocycles. The van der Waals surface area contributed by atoms with Crippen LogP contribution in [0.3, 0.4) is 0 Å². The van der Waals surface area contributed by atoms with E-state index in [0.29, 0.717) is 0 Å². The van der Waals surface area contributed by atoms with Crippen molar-refractivity contribution in [2.75, 3.05) is 0 Å². The summed E-state index contributed by atoms with van der Waals surface area (Å²) >= 11 is 10.9. The molecule has 0 aromatic heterocycles. The van der Waals surface area contributed by atoms with E-state index in [1.54, 1.807) is 0 Å². The van der Waals surface area contributed by atoms with Crippen LogP contribution in [-0.2, 0) is 0 Å². The lowest BCUT2D eigenvalue weighted by atomic mass is 10.3. The smallest absolute Gasteiger partial charge is 0.258 e. The van der Waals surface area contributed by atoms with Crippen molar-refractivity contribution in [2.45, 2.75) is 0 Å². The van der Waals surface area contributed by atoms with Gasteiger partial charge in [-0.1, -0.05) is 23.2 Å². The van der Waals surface area contributed by atoms with Crippen LogP contribution in [0.5, 0.6) is 0 Å². The van der Waals surface area contributed by atoms with Crippen LogP contribution in [0.2, 0.25) is 10.0 Å². The quantitative estimate of drug-likeness (QED) is 0.505. The van der Waals surface area contributed by atoms with Crippen LogP contribution in [0.4, 0.5) is 5.69 Å². The minimum absolute atomic E-state index is 0.143.